The molecule has 3 aromatic rings. The number of hydrogen-bond acceptors (Lipinski definition) is 9. The number of fused-ring (bicyclic) bond motifs is 3. The molecule has 218 valence electrons. The highest BCUT2D eigenvalue weighted by Crippen LogP contribution is 2.45. The smallest absolute Gasteiger partial charge is 0.177 e. The Balaban J connectivity index is 1.14. The van der Waals surface area contributed by atoms with Gasteiger partial charge in [0.1, 0.15) is 6.10 Å². The molecule has 3 aliphatic rings. The van der Waals surface area contributed by atoms with E-state index in [1.54, 1.807) is 6.07 Å². The molecule has 2 N–H and O–H groups in total. The molecule has 4 atom stereocenters. The van der Waals surface area contributed by atoms with E-state index in [1.807, 2.05) is 29.7 Å². The maximum atomic E-state index is 13.9. The van der Waals surface area contributed by atoms with Crippen molar-refractivity contribution in [2.45, 2.75) is 57.3 Å². The SMILES string of the molecule is CCc1csc2c1[C@H](CN(C)c1sc3c(c1C)[C@@H](CNC)OCC3)OCC2CNC[C@@H]1OCCc2sc(F)cc21. The Kier molecular flexibility index (Phi) is 8.96. The van der Waals surface area contributed by atoms with Crippen molar-refractivity contribution in [3.05, 3.63) is 59.0 Å². The molecule has 10 heteroatoms. The van der Waals surface area contributed by atoms with Crippen LogP contribution in [0.4, 0.5) is 9.39 Å². The van der Waals surface area contributed by atoms with Crippen LogP contribution in [0, 0.1) is 12.1 Å². The summed E-state index contributed by atoms with van der Waals surface area (Å²) >= 11 is 5.07. The number of halogens is 1. The highest BCUT2D eigenvalue weighted by atomic mass is 32.1. The number of ether oxygens (including phenoxy) is 3. The van der Waals surface area contributed by atoms with Gasteiger partial charge in [0.2, 0.25) is 0 Å². The molecule has 0 amide bonds. The van der Waals surface area contributed by atoms with Gasteiger partial charge in [-0.05, 0) is 48.5 Å². The van der Waals surface area contributed by atoms with Crippen LogP contribution in [-0.2, 0) is 33.5 Å². The van der Waals surface area contributed by atoms with Gasteiger partial charge in [0, 0.05) is 77.7 Å². The van der Waals surface area contributed by atoms with Gasteiger partial charge in [0.15, 0.2) is 5.13 Å². The molecule has 0 saturated carbocycles. The number of aryl methyl sites for hydroxylation is 1. The van der Waals surface area contributed by atoms with Crippen LogP contribution >= 0.6 is 34.0 Å². The van der Waals surface area contributed by atoms with Crippen LogP contribution in [0.1, 0.15) is 73.6 Å². The van der Waals surface area contributed by atoms with Crippen molar-refractivity contribution in [3.63, 3.8) is 0 Å². The fraction of sp³-hybridized carbons (Fsp3) is 0.600. The predicted molar refractivity (Wildman–Crippen MR) is 163 cm³/mol. The van der Waals surface area contributed by atoms with Gasteiger partial charge in [-0.15, -0.1) is 34.0 Å². The first kappa shape index (κ1) is 28.7. The van der Waals surface area contributed by atoms with E-state index in [1.165, 1.54) is 48.3 Å². The van der Waals surface area contributed by atoms with E-state index in [0.29, 0.717) is 25.7 Å². The summed E-state index contributed by atoms with van der Waals surface area (Å²) in [4.78, 5) is 6.44. The van der Waals surface area contributed by atoms with Gasteiger partial charge in [0.25, 0.3) is 0 Å². The third-order valence-electron chi connectivity index (χ3n) is 8.43. The molecule has 3 aromatic heterocycles. The average Bonchev–Trinajstić information content (AvgIpc) is 3.65. The minimum absolute atomic E-state index is 0.0540. The van der Waals surface area contributed by atoms with Crippen molar-refractivity contribution in [1.82, 2.24) is 10.6 Å². The Morgan fingerprint density at radius 2 is 1.80 bits per heavy atom. The highest BCUT2D eigenvalue weighted by molar-refractivity contribution is 7.16. The second-order valence-corrected chi connectivity index (χ2v) is 14.1. The van der Waals surface area contributed by atoms with Crippen LogP contribution in [0.5, 0.6) is 0 Å². The predicted octanol–water partition coefficient (Wildman–Crippen LogP) is 5.91. The van der Waals surface area contributed by atoms with E-state index in [4.69, 9.17) is 14.2 Å². The Morgan fingerprint density at radius 3 is 2.60 bits per heavy atom. The zero-order valence-electron chi connectivity index (χ0n) is 23.8. The molecule has 0 aliphatic carbocycles. The highest BCUT2D eigenvalue weighted by Gasteiger charge is 2.34. The minimum Gasteiger partial charge on any atom is -0.372 e. The molecule has 6 heterocycles. The Morgan fingerprint density at radius 1 is 1.00 bits per heavy atom. The molecule has 40 heavy (non-hydrogen) atoms. The lowest BCUT2D eigenvalue weighted by molar-refractivity contribution is 0.0284. The van der Waals surface area contributed by atoms with Crippen LogP contribution in [0.2, 0.25) is 0 Å². The number of thiophene rings is 3. The molecular weight excluding hydrogens is 566 g/mol. The van der Waals surface area contributed by atoms with E-state index in [-0.39, 0.29) is 23.4 Å². The van der Waals surface area contributed by atoms with Gasteiger partial charge in [-0.25, -0.2) is 0 Å². The summed E-state index contributed by atoms with van der Waals surface area (Å²) in [6.07, 6.45) is 2.91. The van der Waals surface area contributed by atoms with Crippen LogP contribution < -0.4 is 15.5 Å². The molecule has 0 bridgehead atoms. The number of nitrogens with zero attached hydrogens (tertiary/aromatic N) is 1. The fourth-order valence-electron chi connectivity index (χ4n) is 6.48. The number of anilines is 1. The lowest BCUT2D eigenvalue weighted by Crippen LogP contribution is -2.35. The fourth-order valence-corrected chi connectivity index (χ4v) is 10.00. The van der Waals surface area contributed by atoms with Crippen LogP contribution in [0.3, 0.4) is 0 Å². The third-order valence-corrected chi connectivity index (χ3v) is 12.1. The molecule has 3 aliphatic heterocycles. The second-order valence-electron chi connectivity index (χ2n) is 11.0. The van der Waals surface area contributed by atoms with E-state index >= 15 is 0 Å². The maximum Gasteiger partial charge on any atom is 0.177 e. The molecule has 0 radical (unpaired) electrons. The van der Waals surface area contributed by atoms with Crippen LogP contribution in [0.15, 0.2) is 11.4 Å². The number of rotatable bonds is 10. The largest absolute Gasteiger partial charge is 0.372 e. The summed E-state index contributed by atoms with van der Waals surface area (Å²) < 4.78 is 32.6. The third kappa shape index (κ3) is 5.54. The number of hydrogen-bond donors (Lipinski definition) is 2. The molecule has 6 nitrogen and oxygen atoms in total. The van der Waals surface area contributed by atoms with Crippen LogP contribution in [-0.4, -0.2) is 60.1 Å². The lowest BCUT2D eigenvalue weighted by atomic mass is 9.93. The number of likely N-dealkylation sites (N-methyl/N-ethyl adjacent to an activating group) is 2. The molecular formula is C30H40FN3O3S3. The van der Waals surface area contributed by atoms with Gasteiger partial charge >= 0.3 is 0 Å². The second kappa shape index (κ2) is 12.5. The van der Waals surface area contributed by atoms with Gasteiger partial charge in [-0.3, -0.25) is 0 Å². The standard InChI is InChI=1S/C30H40FN3O3S3/c1-5-18-16-38-29-19(11-33-13-21-20-10-26(31)39-24(20)6-8-35-21)15-37-23(28(18)29)14-34(4)30-17(2)27-22(12-32-3)36-9-7-25(27)40-30/h10,16,19,21-23,32-33H,5-9,11-15H2,1-4H3/t19?,21-,22+,23-/m0/s1. The van der Waals surface area contributed by atoms with Crippen molar-refractivity contribution in [2.75, 3.05) is 65.0 Å². The average molecular weight is 606 g/mol. The first-order valence-corrected chi connectivity index (χ1v) is 16.9. The first-order chi connectivity index (χ1) is 19.5. The molecule has 6 rings (SSSR count). The molecule has 0 saturated heterocycles. The topological polar surface area (TPSA) is 55.0 Å². The van der Waals surface area contributed by atoms with E-state index < -0.39 is 0 Å². The molecule has 0 fully saturated rings. The summed E-state index contributed by atoms with van der Waals surface area (Å²) in [6.45, 7) is 9.82. The van der Waals surface area contributed by atoms with Crippen molar-refractivity contribution >= 4 is 39.0 Å². The zero-order valence-corrected chi connectivity index (χ0v) is 26.3. The molecule has 1 unspecified atom stereocenters. The zero-order chi connectivity index (χ0) is 27.8. The Labute approximate surface area is 248 Å². The van der Waals surface area contributed by atoms with Gasteiger partial charge in [-0.2, -0.15) is 4.39 Å². The van der Waals surface area contributed by atoms with Crippen molar-refractivity contribution < 1.29 is 18.6 Å². The van der Waals surface area contributed by atoms with Crippen molar-refractivity contribution in [2.24, 2.45) is 0 Å². The maximum absolute atomic E-state index is 13.9. The monoisotopic (exact) mass is 605 g/mol. The van der Waals surface area contributed by atoms with Crippen molar-refractivity contribution in [1.29, 1.82) is 0 Å². The van der Waals surface area contributed by atoms with Gasteiger partial charge in [0.05, 0.1) is 37.0 Å². The van der Waals surface area contributed by atoms with Crippen LogP contribution in [0.25, 0.3) is 0 Å². The molecule has 0 spiro atoms. The lowest BCUT2D eigenvalue weighted by Gasteiger charge is -2.34. The summed E-state index contributed by atoms with van der Waals surface area (Å²) in [7, 11) is 4.20. The molecule has 0 aromatic carbocycles. The van der Waals surface area contributed by atoms with Gasteiger partial charge in [-0.1, -0.05) is 6.92 Å². The Hall–Kier alpha value is -1.37. The van der Waals surface area contributed by atoms with Gasteiger partial charge < -0.3 is 29.7 Å². The first-order valence-electron chi connectivity index (χ1n) is 14.4. The number of nitrogens with one attached hydrogen (secondary N) is 2. The normalized spacial score (nSPS) is 24.0. The van der Waals surface area contributed by atoms with Crippen molar-refractivity contribution in [3.8, 4) is 0 Å². The van der Waals surface area contributed by atoms with E-state index in [2.05, 4.69) is 41.8 Å². The van der Waals surface area contributed by atoms with E-state index in [0.717, 1.165) is 55.9 Å². The minimum atomic E-state index is -0.114. The summed E-state index contributed by atoms with van der Waals surface area (Å²) in [5.41, 5.74) is 6.54. The summed E-state index contributed by atoms with van der Waals surface area (Å²) in [6, 6.07) is 1.65. The summed E-state index contributed by atoms with van der Waals surface area (Å²) in [5.74, 6) is 0.305. The summed E-state index contributed by atoms with van der Waals surface area (Å²) in [5, 5.41) is 10.5. The van der Waals surface area contributed by atoms with E-state index in [9.17, 15) is 4.39 Å². The Bertz CT molecular complexity index is 1320. The quantitative estimate of drug-likeness (QED) is 0.300.